The summed E-state index contributed by atoms with van der Waals surface area (Å²) in [6.45, 7) is 0.872. The Kier molecular flexibility index (Phi) is 17.8. The number of hydrogen-bond donors (Lipinski definition) is 8. The van der Waals surface area contributed by atoms with Gasteiger partial charge in [0.05, 0.1) is 24.9 Å². The van der Waals surface area contributed by atoms with Gasteiger partial charge >= 0.3 is 0 Å². The van der Waals surface area contributed by atoms with Crippen molar-refractivity contribution in [3.05, 3.63) is 154 Å². The van der Waals surface area contributed by atoms with E-state index in [-0.39, 0.29) is 46.9 Å². The zero-order chi connectivity index (χ0) is 44.1. The number of rotatable bonds is 20. The highest BCUT2D eigenvalue weighted by Crippen LogP contribution is 2.26. The molecule has 0 aliphatic rings. The SMILES string of the molecule is NC(=S)N/N=C/c1ccc(OCc2cc(COc3ccc(/C=N/NC(N)=S)cc3)c(COc3ccc(/C=N/NC(N)=S)cc3)cc2COc2ccc(/C=N/NC(N)=S)cc2)cc1. The van der Waals surface area contributed by atoms with Crippen LogP contribution in [0.2, 0.25) is 0 Å². The Morgan fingerprint density at radius 2 is 0.565 bits per heavy atom. The Morgan fingerprint density at radius 3 is 0.742 bits per heavy atom. The third-order valence-corrected chi connectivity index (χ3v) is 8.54. The predicted molar refractivity (Wildman–Crippen MR) is 260 cm³/mol. The van der Waals surface area contributed by atoms with E-state index in [2.05, 4.69) is 42.1 Å². The summed E-state index contributed by atoms with van der Waals surface area (Å²) in [6.07, 6.45) is 6.42. The second-order valence-electron chi connectivity index (χ2n) is 12.8. The van der Waals surface area contributed by atoms with Crippen molar-refractivity contribution in [2.75, 3.05) is 0 Å². The summed E-state index contributed by atoms with van der Waals surface area (Å²) in [7, 11) is 0. The van der Waals surface area contributed by atoms with E-state index in [4.69, 9.17) is 90.8 Å². The van der Waals surface area contributed by atoms with Gasteiger partial charge in [0.2, 0.25) is 0 Å². The van der Waals surface area contributed by atoms with Crippen molar-refractivity contribution in [1.82, 2.24) is 21.7 Å². The van der Waals surface area contributed by atoms with Crippen LogP contribution in [0.3, 0.4) is 0 Å². The van der Waals surface area contributed by atoms with Crippen LogP contribution in [0.15, 0.2) is 130 Å². The van der Waals surface area contributed by atoms with E-state index in [0.717, 1.165) is 44.5 Å². The van der Waals surface area contributed by atoms with Gasteiger partial charge in [-0.25, -0.2) is 0 Å². The fourth-order valence-electron chi connectivity index (χ4n) is 5.26. The summed E-state index contributed by atoms with van der Waals surface area (Å²) in [5, 5.41) is 16.3. The summed E-state index contributed by atoms with van der Waals surface area (Å²) >= 11 is 19.2. The number of ether oxygens (including phenoxy) is 4. The van der Waals surface area contributed by atoms with Crippen molar-refractivity contribution in [3.8, 4) is 23.0 Å². The predicted octanol–water partition coefficient (Wildman–Crippen LogP) is 4.67. The first-order chi connectivity index (χ1) is 30.0. The minimum Gasteiger partial charge on any atom is -0.489 e. The molecular formula is C42H42N12O4S4. The Balaban J connectivity index is 1.42. The third-order valence-electron chi connectivity index (χ3n) is 8.17. The monoisotopic (exact) mass is 906 g/mol. The smallest absolute Gasteiger partial charge is 0.184 e. The highest BCUT2D eigenvalue weighted by atomic mass is 32.1. The molecule has 0 amide bonds. The molecule has 5 aromatic carbocycles. The van der Waals surface area contributed by atoms with Crippen LogP contribution in [0.25, 0.3) is 0 Å². The molecule has 5 rings (SSSR count). The van der Waals surface area contributed by atoms with Crippen LogP contribution < -0.4 is 63.6 Å². The van der Waals surface area contributed by atoms with Crippen molar-refractivity contribution in [3.63, 3.8) is 0 Å². The quantitative estimate of drug-likeness (QED) is 0.0301. The van der Waals surface area contributed by atoms with Crippen molar-refractivity contribution < 1.29 is 18.9 Å². The number of nitrogens with two attached hydrogens (primary N) is 4. The van der Waals surface area contributed by atoms with E-state index in [1.807, 2.05) is 109 Å². The molecule has 0 radical (unpaired) electrons. The summed E-state index contributed by atoms with van der Waals surface area (Å²) < 4.78 is 25.3. The molecule has 318 valence electrons. The maximum Gasteiger partial charge on any atom is 0.184 e. The number of hydrazone groups is 4. The summed E-state index contributed by atoms with van der Waals surface area (Å²) in [6, 6.07) is 33.8. The van der Waals surface area contributed by atoms with Crippen molar-refractivity contribution >= 4 is 94.2 Å². The molecule has 0 fully saturated rings. The average Bonchev–Trinajstić information content (AvgIpc) is 3.25. The summed E-state index contributed by atoms with van der Waals surface area (Å²) in [4.78, 5) is 0. The molecule has 0 aromatic heterocycles. The van der Waals surface area contributed by atoms with Crippen LogP contribution >= 0.6 is 48.9 Å². The first-order valence-corrected chi connectivity index (χ1v) is 20.0. The second kappa shape index (κ2) is 24.1. The molecule has 16 nitrogen and oxygen atoms in total. The largest absolute Gasteiger partial charge is 0.489 e. The molecule has 0 spiro atoms. The Morgan fingerprint density at radius 1 is 0.371 bits per heavy atom. The fourth-order valence-corrected chi connectivity index (χ4v) is 5.47. The van der Waals surface area contributed by atoms with E-state index in [0.29, 0.717) is 23.0 Å². The minimum atomic E-state index is 0.0739. The lowest BCUT2D eigenvalue weighted by molar-refractivity contribution is 0.275. The average molecular weight is 907 g/mol. The van der Waals surface area contributed by atoms with Crippen molar-refractivity contribution in [2.24, 2.45) is 43.3 Å². The first kappa shape index (κ1) is 45.8. The van der Waals surface area contributed by atoms with E-state index in [1.54, 1.807) is 24.9 Å². The van der Waals surface area contributed by atoms with Crippen molar-refractivity contribution in [1.29, 1.82) is 0 Å². The normalized spacial score (nSPS) is 11.1. The van der Waals surface area contributed by atoms with Gasteiger partial charge in [0, 0.05) is 0 Å². The van der Waals surface area contributed by atoms with Gasteiger partial charge in [-0.3, -0.25) is 21.7 Å². The van der Waals surface area contributed by atoms with E-state index in [1.165, 1.54) is 0 Å². The lowest BCUT2D eigenvalue weighted by atomic mass is 9.99. The zero-order valence-electron chi connectivity index (χ0n) is 32.9. The van der Waals surface area contributed by atoms with Gasteiger partial charge in [0.25, 0.3) is 0 Å². The molecule has 0 bridgehead atoms. The standard InChI is InChI=1S/C42H42N12O4S4/c43-39(59)51-47-19-27-1-9-35(10-2-27)55-23-31-17-33(25-57-37-13-5-29(6-14-37)21-49-53-41(45)61)34(26-58-38-15-7-30(8-16-38)22-50-54-42(46)62)18-32(31)24-56-36-11-3-28(4-12-36)20-48-52-40(44)60/h1-22H,23-26H2,(H3,43,51,59)(H3,44,52,60)(H3,45,53,61)(H3,46,54,62)/b47-19+,48-20+,49-21+,50-22+. The van der Waals surface area contributed by atoms with Gasteiger partial charge < -0.3 is 41.9 Å². The zero-order valence-corrected chi connectivity index (χ0v) is 36.2. The molecular weight excluding hydrogens is 865 g/mol. The van der Waals surface area contributed by atoms with E-state index >= 15 is 0 Å². The highest BCUT2D eigenvalue weighted by molar-refractivity contribution is 7.80. The molecule has 0 atom stereocenters. The molecule has 0 aliphatic carbocycles. The molecule has 5 aromatic rings. The first-order valence-electron chi connectivity index (χ1n) is 18.4. The lowest BCUT2D eigenvalue weighted by Crippen LogP contribution is -2.23. The topological polar surface area (TPSA) is 239 Å². The Labute approximate surface area is 379 Å². The minimum absolute atomic E-state index is 0.0739. The Hall–Kier alpha value is -7.26. The summed E-state index contributed by atoms with van der Waals surface area (Å²) in [5.74, 6) is 2.58. The van der Waals surface area contributed by atoms with Crippen LogP contribution in [0, 0.1) is 0 Å². The molecule has 62 heavy (non-hydrogen) atoms. The maximum atomic E-state index is 6.32. The maximum absolute atomic E-state index is 6.32. The van der Waals surface area contributed by atoms with Gasteiger partial charge in [0.1, 0.15) is 49.4 Å². The van der Waals surface area contributed by atoms with Crippen LogP contribution in [0.1, 0.15) is 44.5 Å². The van der Waals surface area contributed by atoms with Crippen molar-refractivity contribution in [2.45, 2.75) is 26.4 Å². The Bertz CT molecular complexity index is 2090. The molecule has 0 heterocycles. The van der Waals surface area contributed by atoms with Gasteiger partial charge in [-0.05, 0) is 203 Å². The fraction of sp³-hybridized carbons (Fsp3) is 0.0952. The molecule has 0 aliphatic heterocycles. The van der Waals surface area contributed by atoms with Crippen LogP contribution in [-0.2, 0) is 26.4 Å². The number of hydrogen-bond acceptors (Lipinski definition) is 12. The highest BCUT2D eigenvalue weighted by Gasteiger charge is 2.14. The number of nitrogens with one attached hydrogen (secondary N) is 4. The molecule has 0 saturated carbocycles. The number of nitrogens with zero attached hydrogens (tertiary/aromatic N) is 4. The summed E-state index contributed by atoms with van der Waals surface area (Å²) in [5.41, 5.74) is 38.8. The third kappa shape index (κ3) is 16.4. The van der Waals surface area contributed by atoms with Gasteiger partial charge in [0.15, 0.2) is 20.4 Å². The number of thiocarbonyl (C=S) groups is 4. The van der Waals surface area contributed by atoms with Gasteiger partial charge in [-0.15, -0.1) is 0 Å². The van der Waals surface area contributed by atoms with Crippen LogP contribution in [-0.4, -0.2) is 45.3 Å². The second-order valence-corrected chi connectivity index (χ2v) is 14.5. The van der Waals surface area contributed by atoms with Crippen LogP contribution in [0.4, 0.5) is 0 Å². The lowest BCUT2D eigenvalue weighted by Gasteiger charge is -2.19. The molecule has 0 unspecified atom stereocenters. The van der Waals surface area contributed by atoms with E-state index < -0.39 is 0 Å². The van der Waals surface area contributed by atoms with E-state index in [9.17, 15) is 0 Å². The van der Waals surface area contributed by atoms with Gasteiger partial charge in [-0.1, -0.05) is 0 Å². The molecule has 20 heteroatoms. The molecule has 0 saturated heterocycles. The van der Waals surface area contributed by atoms with Gasteiger partial charge in [-0.2, -0.15) is 20.4 Å². The number of benzene rings is 5. The molecule has 12 N–H and O–H groups in total. The van der Waals surface area contributed by atoms with Crippen LogP contribution in [0.5, 0.6) is 23.0 Å².